The SMILES string of the molecule is CC(CNC(=O)[C@@H](N)C(C)(C)C)CN1CCCC1.Cl.Cl. The molecule has 0 aromatic heterocycles. The van der Waals surface area contributed by atoms with Gasteiger partial charge < -0.3 is 16.0 Å². The number of rotatable bonds is 5. The van der Waals surface area contributed by atoms with Crippen LogP contribution in [0.3, 0.4) is 0 Å². The van der Waals surface area contributed by atoms with Crippen LogP contribution in [0.15, 0.2) is 0 Å². The highest BCUT2D eigenvalue weighted by Crippen LogP contribution is 2.17. The fourth-order valence-electron chi connectivity index (χ4n) is 2.25. The van der Waals surface area contributed by atoms with E-state index in [1.165, 1.54) is 25.9 Å². The third-order valence-corrected chi connectivity index (χ3v) is 3.61. The van der Waals surface area contributed by atoms with Crippen molar-refractivity contribution in [3.8, 4) is 0 Å². The molecular weight excluding hydrogens is 297 g/mol. The van der Waals surface area contributed by atoms with Crippen LogP contribution in [0.4, 0.5) is 0 Å². The van der Waals surface area contributed by atoms with E-state index < -0.39 is 6.04 Å². The predicted octanol–water partition coefficient (Wildman–Crippen LogP) is 2.05. The van der Waals surface area contributed by atoms with Crippen molar-refractivity contribution in [1.29, 1.82) is 0 Å². The van der Waals surface area contributed by atoms with Crippen molar-refractivity contribution in [3.05, 3.63) is 0 Å². The zero-order chi connectivity index (χ0) is 13.8. The number of hydrogen-bond donors (Lipinski definition) is 2. The van der Waals surface area contributed by atoms with Crippen LogP contribution in [0.1, 0.15) is 40.5 Å². The maximum Gasteiger partial charge on any atom is 0.237 e. The Balaban J connectivity index is 0. The van der Waals surface area contributed by atoms with E-state index in [0.29, 0.717) is 5.92 Å². The topological polar surface area (TPSA) is 58.4 Å². The number of nitrogens with zero attached hydrogens (tertiary/aromatic N) is 1. The largest absolute Gasteiger partial charge is 0.354 e. The summed E-state index contributed by atoms with van der Waals surface area (Å²) >= 11 is 0. The number of likely N-dealkylation sites (tertiary alicyclic amines) is 1. The molecule has 122 valence electrons. The van der Waals surface area contributed by atoms with E-state index >= 15 is 0 Å². The van der Waals surface area contributed by atoms with Crippen LogP contribution in [0.5, 0.6) is 0 Å². The lowest BCUT2D eigenvalue weighted by atomic mass is 9.87. The van der Waals surface area contributed by atoms with Gasteiger partial charge >= 0.3 is 0 Å². The molecule has 1 fully saturated rings. The van der Waals surface area contributed by atoms with E-state index in [-0.39, 0.29) is 36.1 Å². The Kier molecular flexibility index (Phi) is 10.9. The molecule has 0 radical (unpaired) electrons. The number of hydrogen-bond acceptors (Lipinski definition) is 3. The summed E-state index contributed by atoms with van der Waals surface area (Å²) in [5.74, 6) is 0.454. The van der Waals surface area contributed by atoms with Crippen LogP contribution in [0.25, 0.3) is 0 Å². The molecule has 2 atom stereocenters. The lowest BCUT2D eigenvalue weighted by Gasteiger charge is -2.27. The second-order valence-electron chi connectivity index (χ2n) is 6.70. The third-order valence-electron chi connectivity index (χ3n) is 3.61. The van der Waals surface area contributed by atoms with E-state index in [9.17, 15) is 4.79 Å². The number of amides is 1. The number of nitrogens with two attached hydrogens (primary N) is 1. The maximum absolute atomic E-state index is 11.9. The second kappa shape index (κ2) is 9.82. The smallest absolute Gasteiger partial charge is 0.237 e. The summed E-state index contributed by atoms with van der Waals surface area (Å²) in [5.41, 5.74) is 5.74. The fourth-order valence-corrected chi connectivity index (χ4v) is 2.25. The Morgan fingerprint density at radius 2 is 1.75 bits per heavy atom. The van der Waals surface area contributed by atoms with Gasteiger partial charge in [-0.15, -0.1) is 24.8 Å². The molecule has 0 aromatic carbocycles. The molecule has 0 bridgehead atoms. The van der Waals surface area contributed by atoms with Crippen LogP contribution < -0.4 is 11.1 Å². The normalized spacial score (nSPS) is 18.6. The average Bonchev–Trinajstić information content (AvgIpc) is 2.76. The molecule has 1 aliphatic heterocycles. The van der Waals surface area contributed by atoms with E-state index in [2.05, 4.69) is 17.1 Å². The first-order valence-electron chi connectivity index (χ1n) is 7.06. The summed E-state index contributed by atoms with van der Waals surface area (Å²) in [4.78, 5) is 14.4. The summed E-state index contributed by atoms with van der Waals surface area (Å²) in [5, 5.41) is 2.97. The first-order valence-corrected chi connectivity index (χ1v) is 7.06. The van der Waals surface area contributed by atoms with Gasteiger partial charge in [-0.1, -0.05) is 27.7 Å². The quantitative estimate of drug-likeness (QED) is 0.812. The summed E-state index contributed by atoms with van der Waals surface area (Å²) in [6, 6.07) is -0.434. The molecule has 3 N–H and O–H groups in total. The first kappa shape index (κ1) is 22.3. The summed E-state index contributed by atoms with van der Waals surface area (Å²) in [6.45, 7) is 12.4. The standard InChI is InChI=1S/C14H29N3O.2ClH/c1-11(10-17-7-5-6-8-17)9-16-13(18)12(15)14(2,3)4;;/h11-12H,5-10,15H2,1-4H3,(H,16,18);2*1H/t11?,12-;;/m1../s1. The number of carbonyl (C=O) groups excluding carboxylic acids is 1. The van der Waals surface area contributed by atoms with Gasteiger partial charge in [0.1, 0.15) is 0 Å². The minimum absolute atomic E-state index is 0. The van der Waals surface area contributed by atoms with Gasteiger partial charge in [-0.05, 0) is 37.3 Å². The van der Waals surface area contributed by atoms with Crippen molar-refractivity contribution in [1.82, 2.24) is 10.2 Å². The molecule has 1 rings (SSSR count). The van der Waals surface area contributed by atoms with Crippen molar-refractivity contribution >= 4 is 30.7 Å². The van der Waals surface area contributed by atoms with Gasteiger partial charge in [0, 0.05) is 13.1 Å². The monoisotopic (exact) mass is 327 g/mol. The predicted molar refractivity (Wildman–Crippen MR) is 89.8 cm³/mol. The van der Waals surface area contributed by atoms with Crippen LogP contribution in [-0.2, 0) is 4.79 Å². The van der Waals surface area contributed by atoms with Gasteiger partial charge in [0.15, 0.2) is 0 Å². The average molecular weight is 328 g/mol. The van der Waals surface area contributed by atoms with E-state index in [4.69, 9.17) is 5.73 Å². The Bertz CT molecular complexity index is 276. The lowest BCUT2D eigenvalue weighted by molar-refractivity contribution is -0.124. The zero-order valence-electron chi connectivity index (χ0n) is 13.1. The third kappa shape index (κ3) is 7.67. The molecule has 1 aliphatic rings. The maximum atomic E-state index is 11.9. The molecule has 0 spiro atoms. The molecule has 4 nitrogen and oxygen atoms in total. The Labute approximate surface area is 136 Å². The summed E-state index contributed by atoms with van der Waals surface area (Å²) in [6.07, 6.45) is 2.63. The minimum atomic E-state index is -0.434. The van der Waals surface area contributed by atoms with Gasteiger partial charge in [0.05, 0.1) is 6.04 Å². The molecule has 20 heavy (non-hydrogen) atoms. The molecular formula is C14H31Cl2N3O. The lowest BCUT2D eigenvalue weighted by Crippen LogP contribution is -2.49. The van der Waals surface area contributed by atoms with E-state index in [1.54, 1.807) is 0 Å². The first-order chi connectivity index (χ1) is 8.30. The Hall–Kier alpha value is -0.0300. The van der Waals surface area contributed by atoms with Crippen molar-refractivity contribution in [3.63, 3.8) is 0 Å². The molecule has 0 aromatic rings. The van der Waals surface area contributed by atoms with Crippen LogP contribution >= 0.6 is 24.8 Å². The van der Waals surface area contributed by atoms with Crippen LogP contribution in [0, 0.1) is 11.3 Å². The number of carbonyl (C=O) groups is 1. The fraction of sp³-hybridized carbons (Fsp3) is 0.929. The van der Waals surface area contributed by atoms with Gasteiger partial charge in [-0.3, -0.25) is 4.79 Å². The summed E-state index contributed by atoms with van der Waals surface area (Å²) in [7, 11) is 0. The highest BCUT2D eigenvalue weighted by Gasteiger charge is 2.27. The molecule has 1 saturated heterocycles. The van der Waals surface area contributed by atoms with Crippen molar-refractivity contribution in [2.75, 3.05) is 26.2 Å². The van der Waals surface area contributed by atoms with Crippen molar-refractivity contribution < 1.29 is 4.79 Å². The van der Waals surface area contributed by atoms with Gasteiger partial charge in [0.2, 0.25) is 5.91 Å². The molecule has 1 unspecified atom stereocenters. The molecule has 0 saturated carbocycles. The van der Waals surface area contributed by atoms with Crippen LogP contribution in [0.2, 0.25) is 0 Å². The summed E-state index contributed by atoms with van der Waals surface area (Å²) < 4.78 is 0. The second-order valence-corrected chi connectivity index (χ2v) is 6.70. The Morgan fingerprint density at radius 1 is 1.25 bits per heavy atom. The number of nitrogens with one attached hydrogen (secondary N) is 1. The zero-order valence-corrected chi connectivity index (χ0v) is 14.8. The highest BCUT2D eigenvalue weighted by atomic mass is 35.5. The van der Waals surface area contributed by atoms with E-state index in [1.807, 2.05) is 20.8 Å². The van der Waals surface area contributed by atoms with Gasteiger partial charge in [0.25, 0.3) is 0 Å². The van der Waals surface area contributed by atoms with E-state index in [0.717, 1.165) is 13.1 Å². The highest BCUT2D eigenvalue weighted by molar-refractivity contribution is 5.85. The number of halogens is 2. The van der Waals surface area contributed by atoms with Crippen LogP contribution in [-0.4, -0.2) is 43.0 Å². The molecule has 6 heteroatoms. The Morgan fingerprint density at radius 3 is 2.20 bits per heavy atom. The van der Waals surface area contributed by atoms with Gasteiger partial charge in [-0.2, -0.15) is 0 Å². The molecule has 0 aliphatic carbocycles. The van der Waals surface area contributed by atoms with Gasteiger partial charge in [-0.25, -0.2) is 0 Å². The van der Waals surface area contributed by atoms with Crippen molar-refractivity contribution in [2.24, 2.45) is 17.1 Å². The molecule has 1 heterocycles. The van der Waals surface area contributed by atoms with Crippen molar-refractivity contribution in [2.45, 2.75) is 46.6 Å². The minimum Gasteiger partial charge on any atom is -0.354 e. The molecule has 1 amide bonds.